The molecule has 0 aliphatic heterocycles. The molecule has 3 nitrogen and oxygen atoms in total. The Morgan fingerprint density at radius 2 is 1.90 bits per heavy atom. The summed E-state index contributed by atoms with van der Waals surface area (Å²) in [4.78, 5) is 6.71. The van der Waals surface area contributed by atoms with Crippen LogP contribution in [0.2, 0.25) is 0 Å². The Morgan fingerprint density at radius 1 is 1.10 bits per heavy atom. The summed E-state index contributed by atoms with van der Waals surface area (Å²) in [6.07, 6.45) is 7.46. The van der Waals surface area contributed by atoms with Crippen LogP contribution in [-0.2, 0) is 13.0 Å². The summed E-state index contributed by atoms with van der Waals surface area (Å²) in [6, 6.07) is 13.5. The summed E-state index contributed by atoms with van der Waals surface area (Å²) in [6.45, 7) is 1.66. The van der Waals surface area contributed by atoms with Gasteiger partial charge in [-0.2, -0.15) is 0 Å². The maximum Gasteiger partial charge on any atom is 0.0369 e. The fraction of sp³-hybridized carbons (Fsp3) is 0.353. The largest absolute Gasteiger partial charge is 0.368 e. The molecule has 1 aliphatic carbocycles. The molecule has 1 aromatic carbocycles. The standard InChI is InChI=1S/C17H21N3/c18-12-14-3-5-16(6-4-14)20(17-7-8-17)11-9-15-2-1-10-19-13-15/h1-6,10,13,17H,7-9,11-12,18H2. The molecule has 0 saturated heterocycles. The van der Waals surface area contributed by atoms with E-state index in [4.69, 9.17) is 5.73 Å². The zero-order valence-electron chi connectivity index (χ0n) is 11.7. The Bertz CT molecular complexity index is 532. The fourth-order valence-electron chi connectivity index (χ4n) is 2.53. The lowest BCUT2D eigenvalue weighted by molar-refractivity contribution is 0.775. The maximum atomic E-state index is 5.66. The van der Waals surface area contributed by atoms with Crippen molar-refractivity contribution in [3.8, 4) is 0 Å². The molecule has 0 spiro atoms. The van der Waals surface area contributed by atoms with Crippen molar-refractivity contribution in [2.24, 2.45) is 5.73 Å². The summed E-state index contributed by atoms with van der Waals surface area (Å²) in [5.74, 6) is 0. The van der Waals surface area contributed by atoms with Crippen LogP contribution in [0.5, 0.6) is 0 Å². The zero-order chi connectivity index (χ0) is 13.8. The lowest BCUT2D eigenvalue weighted by Gasteiger charge is -2.25. The molecule has 0 amide bonds. The average Bonchev–Trinajstić information content (AvgIpc) is 3.34. The first-order valence-electron chi connectivity index (χ1n) is 7.31. The molecule has 0 unspecified atom stereocenters. The molecule has 2 N–H and O–H groups in total. The van der Waals surface area contributed by atoms with Gasteiger partial charge in [-0.25, -0.2) is 0 Å². The molecule has 0 atom stereocenters. The quantitative estimate of drug-likeness (QED) is 0.875. The van der Waals surface area contributed by atoms with Gasteiger partial charge in [0.15, 0.2) is 0 Å². The summed E-state index contributed by atoms with van der Waals surface area (Å²) in [7, 11) is 0. The normalized spacial score (nSPS) is 14.2. The molecule has 3 rings (SSSR count). The Balaban J connectivity index is 1.69. The van der Waals surface area contributed by atoms with E-state index in [0.717, 1.165) is 19.0 Å². The van der Waals surface area contributed by atoms with Crippen molar-refractivity contribution in [1.29, 1.82) is 0 Å². The molecular weight excluding hydrogens is 246 g/mol. The molecule has 1 aliphatic rings. The summed E-state index contributed by atoms with van der Waals surface area (Å²) in [5, 5.41) is 0. The van der Waals surface area contributed by atoms with E-state index in [0.29, 0.717) is 6.54 Å². The van der Waals surface area contributed by atoms with Crippen molar-refractivity contribution in [1.82, 2.24) is 4.98 Å². The van der Waals surface area contributed by atoms with Gasteiger partial charge in [0.05, 0.1) is 0 Å². The first-order chi connectivity index (χ1) is 9.86. The summed E-state index contributed by atoms with van der Waals surface area (Å²) < 4.78 is 0. The third-order valence-electron chi connectivity index (χ3n) is 3.86. The molecular formula is C17H21N3. The predicted molar refractivity (Wildman–Crippen MR) is 82.6 cm³/mol. The lowest BCUT2D eigenvalue weighted by Crippen LogP contribution is -2.28. The highest BCUT2D eigenvalue weighted by atomic mass is 15.2. The Hall–Kier alpha value is -1.87. The molecule has 3 heteroatoms. The van der Waals surface area contributed by atoms with Crippen LogP contribution in [0.3, 0.4) is 0 Å². The SMILES string of the molecule is NCc1ccc(N(CCc2cccnc2)C2CC2)cc1. The van der Waals surface area contributed by atoms with Crippen molar-refractivity contribution in [3.05, 3.63) is 59.9 Å². The van der Waals surface area contributed by atoms with E-state index in [9.17, 15) is 0 Å². The van der Waals surface area contributed by atoms with Gasteiger partial charge in [-0.3, -0.25) is 4.98 Å². The van der Waals surface area contributed by atoms with E-state index in [2.05, 4.69) is 40.2 Å². The number of nitrogens with zero attached hydrogens (tertiary/aromatic N) is 2. The molecule has 1 heterocycles. The van der Waals surface area contributed by atoms with Crippen LogP contribution in [-0.4, -0.2) is 17.6 Å². The van der Waals surface area contributed by atoms with E-state index in [1.54, 1.807) is 0 Å². The summed E-state index contributed by atoms with van der Waals surface area (Å²) in [5.41, 5.74) is 9.47. The van der Waals surface area contributed by atoms with Crippen LogP contribution in [0.1, 0.15) is 24.0 Å². The van der Waals surface area contributed by atoms with Gasteiger partial charge in [0.2, 0.25) is 0 Å². The van der Waals surface area contributed by atoms with Crippen LogP contribution in [0, 0.1) is 0 Å². The molecule has 1 fully saturated rings. The van der Waals surface area contributed by atoms with E-state index >= 15 is 0 Å². The topological polar surface area (TPSA) is 42.1 Å². The highest BCUT2D eigenvalue weighted by Crippen LogP contribution is 2.31. The van der Waals surface area contributed by atoms with E-state index < -0.39 is 0 Å². The van der Waals surface area contributed by atoms with Crippen LogP contribution in [0.4, 0.5) is 5.69 Å². The highest BCUT2D eigenvalue weighted by Gasteiger charge is 2.28. The molecule has 1 saturated carbocycles. The molecule has 0 radical (unpaired) electrons. The van der Waals surface area contributed by atoms with Gasteiger partial charge in [0.1, 0.15) is 0 Å². The number of hydrogen-bond donors (Lipinski definition) is 1. The van der Waals surface area contributed by atoms with E-state index in [1.165, 1.54) is 29.7 Å². The van der Waals surface area contributed by atoms with Gasteiger partial charge < -0.3 is 10.6 Å². The van der Waals surface area contributed by atoms with Gasteiger partial charge in [-0.15, -0.1) is 0 Å². The first kappa shape index (κ1) is 13.1. The second-order valence-corrected chi connectivity index (χ2v) is 5.41. The van der Waals surface area contributed by atoms with Crippen LogP contribution in [0.15, 0.2) is 48.8 Å². The van der Waals surface area contributed by atoms with Crippen LogP contribution >= 0.6 is 0 Å². The summed E-state index contributed by atoms with van der Waals surface area (Å²) >= 11 is 0. The van der Waals surface area contributed by atoms with E-state index in [1.807, 2.05) is 18.5 Å². The lowest BCUT2D eigenvalue weighted by atomic mass is 10.1. The minimum Gasteiger partial charge on any atom is -0.368 e. The van der Waals surface area contributed by atoms with Crippen molar-refractivity contribution in [3.63, 3.8) is 0 Å². The maximum absolute atomic E-state index is 5.66. The van der Waals surface area contributed by atoms with E-state index in [-0.39, 0.29) is 0 Å². The molecule has 1 aromatic heterocycles. The number of benzene rings is 1. The molecule has 2 aromatic rings. The van der Waals surface area contributed by atoms with Gasteiger partial charge in [0.25, 0.3) is 0 Å². The Morgan fingerprint density at radius 3 is 2.50 bits per heavy atom. The smallest absolute Gasteiger partial charge is 0.0369 e. The van der Waals surface area contributed by atoms with Gasteiger partial charge in [-0.1, -0.05) is 18.2 Å². The van der Waals surface area contributed by atoms with Crippen molar-refractivity contribution < 1.29 is 0 Å². The second kappa shape index (κ2) is 6.06. The fourth-order valence-corrected chi connectivity index (χ4v) is 2.53. The number of nitrogens with two attached hydrogens (primary N) is 1. The number of rotatable bonds is 6. The van der Waals surface area contributed by atoms with Crippen molar-refractivity contribution >= 4 is 5.69 Å². The van der Waals surface area contributed by atoms with Crippen molar-refractivity contribution in [2.45, 2.75) is 31.8 Å². The van der Waals surface area contributed by atoms with Gasteiger partial charge in [0, 0.05) is 37.2 Å². The van der Waals surface area contributed by atoms with Gasteiger partial charge in [-0.05, 0) is 48.6 Å². The second-order valence-electron chi connectivity index (χ2n) is 5.41. The molecule has 0 bridgehead atoms. The molecule has 104 valence electrons. The number of pyridine rings is 1. The monoisotopic (exact) mass is 267 g/mol. The minimum absolute atomic E-state index is 0.611. The zero-order valence-corrected chi connectivity index (χ0v) is 11.7. The van der Waals surface area contributed by atoms with Gasteiger partial charge >= 0.3 is 0 Å². The minimum atomic E-state index is 0.611. The predicted octanol–water partition coefficient (Wildman–Crippen LogP) is 2.75. The van der Waals surface area contributed by atoms with Crippen LogP contribution in [0.25, 0.3) is 0 Å². The number of aromatic nitrogens is 1. The highest BCUT2D eigenvalue weighted by molar-refractivity contribution is 5.50. The number of anilines is 1. The van der Waals surface area contributed by atoms with Crippen molar-refractivity contribution in [2.75, 3.05) is 11.4 Å². The van der Waals surface area contributed by atoms with Crippen LogP contribution < -0.4 is 10.6 Å². The third-order valence-corrected chi connectivity index (χ3v) is 3.86. The molecule has 20 heavy (non-hydrogen) atoms. The Labute approximate surface area is 120 Å². The first-order valence-corrected chi connectivity index (χ1v) is 7.31. The Kier molecular flexibility index (Phi) is 3.97. The third kappa shape index (κ3) is 3.17. The number of hydrogen-bond acceptors (Lipinski definition) is 3. The average molecular weight is 267 g/mol.